The lowest BCUT2D eigenvalue weighted by Crippen LogP contribution is -2.21. The monoisotopic (exact) mass is 285 g/mol. The molecule has 0 radical (unpaired) electrons. The fourth-order valence-corrected chi connectivity index (χ4v) is 1.86. The van der Waals surface area contributed by atoms with E-state index >= 15 is 0 Å². The van der Waals surface area contributed by atoms with E-state index in [1.54, 1.807) is 0 Å². The van der Waals surface area contributed by atoms with Crippen LogP contribution in [0.5, 0.6) is 0 Å². The average molecular weight is 286 g/mol. The van der Waals surface area contributed by atoms with Crippen LogP contribution < -0.4 is 5.32 Å². The molecule has 0 heterocycles. The smallest absolute Gasteiger partial charge is 0.304 e. The summed E-state index contributed by atoms with van der Waals surface area (Å²) in [4.78, 5) is 10.3. The van der Waals surface area contributed by atoms with E-state index in [0.717, 1.165) is 17.4 Å². The quantitative estimate of drug-likeness (QED) is 0.789. The van der Waals surface area contributed by atoms with Crippen molar-refractivity contribution in [2.75, 3.05) is 13.1 Å². The highest BCUT2D eigenvalue weighted by Crippen LogP contribution is 2.16. The summed E-state index contributed by atoms with van der Waals surface area (Å²) in [5.41, 5.74) is 2.56. The first-order valence-electron chi connectivity index (χ1n) is 5.27. The summed E-state index contributed by atoms with van der Waals surface area (Å²) in [7, 11) is 0. The van der Waals surface area contributed by atoms with Crippen molar-refractivity contribution in [2.45, 2.75) is 19.8 Å². The second-order valence-corrected chi connectivity index (χ2v) is 4.63. The summed E-state index contributed by atoms with van der Waals surface area (Å²) < 4.78 is 1.08. The second-order valence-electron chi connectivity index (χ2n) is 3.71. The molecule has 0 unspecified atom stereocenters. The Bertz CT molecular complexity index is 366. The Kier molecular flexibility index (Phi) is 5.49. The van der Waals surface area contributed by atoms with Gasteiger partial charge in [0.1, 0.15) is 0 Å². The van der Waals surface area contributed by atoms with E-state index in [9.17, 15) is 4.79 Å². The zero-order valence-electron chi connectivity index (χ0n) is 9.29. The Labute approximate surface area is 104 Å². The van der Waals surface area contributed by atoms with Gasteiger partial charge >= 0.3 is 5.97 Å². The molecule has 0 aliphatic rings. The summed E-state index contributed by atoms with van der Waals surface area (Å²) in [6.07, 6.45) is 1.10. The topological polar surface area (TPSA) is 49.3 Å². The summed E-state index contributed by atoms with van der Waals surface area (Å²) in [5.74, 6) is -0.758. The van der Waals surface area contributed by atoms with E-state index in [4.69, 9.17) is 5.11 Å². The molecular formula is C12H16BrNO2. The van der Waals surface area contributed by atoms with Crippen molar-refractivity contribution in [3.8, 4) is 0 Å². The van der Waals surface area contributed by atoms with Crippen LogP contribution >= 0.6 is 15.9 Å². The third kappa shape index (κ3) is 4.77. The number of rotatable bonds is 6. The molecule has 0 bridgehead atoms. The van der Waals surface area contributed by atoms with Gasteiger partial charge in [-0.1, -0.05) is 22.0 Å². The number of aliphatic carboxylic acids is 1. The number of benzene rings is 1. The average Bonchev–Trinajstić information content (AvgIpc) is 2.22. The maximum absolute atomic E-state index is 10.3. The number of hydrogen-bond donors (Lipinski definition) is 2. The predicted molar refractivity (Wildman–Crippen MR) is 67.7 cm³/mol. The van der Waals surface area contributed by atoms with Crippen molar-refractivity contribution >= 4 is 21.9 Å². The number of carboxylic acids is 1. The van der Waals surface area contributed by atoms with Crippen LogP contribution in [0.2, 0.25) is 0 Å². The molecule has 2 N–H and O–H groups in total. The van der Waals surface area contributed by atoms with Crippen LogP contribution in [0.4, 0.5) is 0 Å². The highest BCUT2D eigenvalue weighted by Gasteiger charge is 2.00. The zero-order valence-corrected chi connectivity index (χ0v) is 10.9. The van der Waals surface area contributed by atoms with Gasteiger partial charge in [-0.25, -0.2) is 0 Å². The minimum Gasteiger partial charge on any atom is -0.481 e. The minimum absolute atomic E-state index is 0.178. The minimum atomic E-state index is -0.758. The van der Waals surface area contributed by atoms with E-state index in [-0.39, 0.29) is 6.42 Å². The number of carboxylic acid groups (broad SMARTS) is 1. The van der Waals surface area contributed by atoms with E-state index in [1.165, 1.54) is 11.1 Å². The highest BCUT2D eigenvalue weighted by atomic mass is 79.9. The zero-order chi connectivity index (χ0) is 12.0. The lowest BCUT2D eigenvalue weighted by atomic mass is 10.1. The third-order valence-electron chi connectivity index (χ3n) is 2.40. The van der Waals surface area contributed by atoms with Gasteiger partial charge in [-0.2, -0.15) is 0 Å². The van der Waals surface area contributed by atoms with Crippen LogP contribution in [0.25, 0.3) is 0 Å². The number of carbonyl (C=O) groups is 1. The van der Waals surface area contributed by atoms with Gasteiger partial charge in [0.15, 0.2) is 0 Å². The van der Waals surface area contributed by atoms with Crippen LogP contribution in [-0.4, -0.2) is 24.2 Å². The Balaban J connectivity index is 2.31. The molecule has 0 aliphatic carbocycles. The fourth-order valence-electron chi connectivity index (χ4n) is 1.45. The lowest BCUT2D eigenvalue weighted by molar-refractivity contribution is -0.136. The number of halogens is 1. The standard InChI is InChI=1S/C12H16BrNO2/c1-9-2-3-11(13)8-10(9)4-6-14-7-5-12(15)16/h2-3,8,14H,4-7H2,1H3,(H,15,16). The van der Waals surface area contributed by atoms with Crippen molar-refractivity contribution < 1.29 is 9.90 Å². The van der Waals surface area contributed by atoms with Gasteiger partial charge in [0.2, 0.25) is 0 Å². The maximum Gasteiger partial charge on any atom is 0.304 e. The number of aryl methyl sites for hydroxylation is 1. The molecule has 0 saturated heterocycles. The Morgan fingerprint density at radius 2 is 2.19 bits per heavy atom. The fraction of sp³-hybridized carbons (Fsp3) is 0.417. The highest BCUT2D eigenvalue weighted by molar-refractivity contribution is 9.10. The lowest BCUT2D eigenvalue weighted by Gasteiger charge is -2.07. The van der Waals surface area contributed by atoms with E-state index in [2.05, 4.69) is 40.3 Å². The van der Waals surface area contributed by atoms with Crippen LogP contribution in [0.15, 0.2) is 22.7 Å². The molecule has 0 atom stereocenters. The molecule has 0 saturated carbocycles. The van der Waals surface area contributed by atoms with Gasteiger partial charge in [0, 0.05) is 11.0 Å². The van der Waals surface area contributed by atoms with Crippen molar-refractivity contribution in [3.05, 3.63) is 33.8 Å². The SMILES string of the molecule is Cc1ccc(Br)cc1CCNCCC(=O)O. The maximum atomic E-state index is 10.3. The molecule has 0 aromatic heterocycles. The van der Waals surface area contributed by atoms with Crippen LogP contribution in [0.3, 0.4) is 0 Å². The molecule has 0 aliphatic heterocycles. The first kappa shape index (κ1) is 13.2. The first-order valence-corrected chi connectivity index (χ1v) is 6.06. The predicted octanol–water partition coefficient (Wildman–Crippen LogP) is 2.36. The van der Waals surface area contributed by atoms with Gasteiger partial charge in [-0.05, 0) is 43.1 Å². The van der Waals surface area contributed by atoms with Crippen LogP contribution in [0, 0.1) is 6.92 Å². The summed E-state index contributed by atoms with van der Waals surface area (Å²) >= 11 is 3.44. The first-order chi connectivity index (χ1) is 7.59. The van der Waals surface area contributed by atoms with Gasteiger partial charge in [-0.15, -0.1) is 0 Å². The van der Waals surface area contributed by atoms with Gasteiger partial charge < -0.3 is 10.4 Å². The molecule has 88 valence electrons. The second kappa shape index (κ2) is 6.66. The van der Waals surface area contributed by atoms with Crippen molar-refractivity contribution in [1.29, 1.82) is 0 Å². The van der Waals surface area contributed by atoms with E-state index in [1.807, 2.05) is 6.07 Å². The molecule has 3 nitrogen and oxygen atoms in total. The molecule has 1 aromatic rings. The number of hydrogen-bond acceptors (Lipinski definition) is 2. The number of nitrogens with one attached hydrogen (secondary N) is 1. The summed E-state index contributed by atoms with van der Waals surface area (Å²) in [6.45, 7) is 3.42. The summed E-state index contributed by atoms with van der Waals surface area (Å²) in [5, 5.41) is 11.6. The van der Waals surface area contributed by atoms with Gasteiger partial charge in [0.25, 0.3) is 0 Å². The molecule has 16 heavy (non-hydrogen) atoms. The third-order valence-corrected chi connectivity index (χ3v) is 2.89. The van der Waals surface area contributed by atoms with E-state index in [0.29, 0.717) is 6.54 Å². The van der Waals surface area contributed by atoms with Gasteiger partial charge in [-0.3, -0.25) is 4.79 Å². The molecule has 1 rings (SSSR count). The van der Waals surface area contributed by atoms with Crippen molar-refractivity contribution in [3.63, 3.8) is 0 Å². The normalized spacial score (nSPS) is 10.4. The molecular weight excluding hydrogens is 270 g/mol. The molecule has 0 fully saturated rings. The van der Waals surface area contributed by atoms with Crippen molar-refractivity contribution in [2.24, 2.45) is 0 Å². The molecule has 1 aromatic carbocycles. The van der Waals surface area contributed by atoms with Gasteiger partial charge in [0.05, 0.1) is 6.42 Å². The Morgan fingerprint density at radius 3 is 2.88 bits per heavy atom. The van der Waals surface area contributed by atoms with Crippen molar-refractivity contribution in [1.82, 2.24) is 5.32 Å². The molecule has 0 amide bonds. The van der Waals surface area contributed by atoms with E-state index < -0.39 is 5.97 Å². The van der Waals surface area contributed by atoms with Crippen LogP contribution in [-0.2, 0) is 11.2 Å². The Morgan fingerprint density at radius 1 is 1.44 bits per heavy atom. The molecule has 0 spiro atoms. The Hall–Kier alpha value is -0.870. The molecule has 4 heteroatoms. The largest absolute Gasteiger partial charge is 0.481 e. The van der Waals surface area contributed by atoms with Crippen LogP contribution in [0.1, 0.15) is 17.5 Å². The summed E-state index contributed by atoms with van der Waals surface area (Å²) in [6, 6.07) is 6.21.